The van der Waals surface area contributed by atoms with E-state index in [2.05, 4.69) is 44.2 Å². The van der Waals surface area contributed by atoms with Crippen molar-refractivity contribution in [1.29, 1.82) is 0 Å². The van der Waals surface area contributed by atoms with Gasteiger partial charge in [0.15, 0.2) is 0 Å². The minimum absolute atomic E-state index is 0.00531. The molecule has 3 nitrogen and oxygen atoms in total. The highest BCUT2D eigenvalue weighted by molar-refractivity contribution is 5.41. The second-order valence-corrected chi connectivity index (χ2v) is 5.63. The lowest BCUT2D eigenvalue weighted by molar-refractivity contribution is 0.393. The molecule has 1 unspecified atom stereocenters. The molecule has 0 fully saturated rings. The van der Waals surface area contributed by atoms with E-state index in [4.69, 9.17) is 5.73 Å². The van der Waals surface area contributed by atoms with Gasteiger partial charge in [0.05, 0.1) is 5.69 Å². The maximum absolute atomic E-state index is 6.22. The summed E-state index contributed by atoms with van der Waals surface area (Å²) >= 11 is 0. The molecule has 16 heavy (non-hydrogen) atoms. The molecule has 0 spiro atoms. The lowest BCUT2D eigenvalue weighted by Crippen LogP contribution is -2.24. The zero-order chi connectivity index (χ0) is 12.5. The molecule has 1 atom stereocenters. The third-order valence-electron chi connectivity index (χ3n) is 2.97. The normalized spacial score (nSPS) is 14.1. The van der Waals surface area contributed by atoms with E-state index in [1.54, 1.807) is 0 Å². The molecule has 0 bridgehead atoms. The van der Waals surface area contributed by atoms with Gasteiger partial charge in [-0.1, -0.05) is 20.3 Å². The highest BCUT2D eigenvalue weighted by atomic mass is 15.2. The molecule has 1 aromatic rings. The smallest absolute Gasteiger partial charge is 0.127 e. The van der Waals surface area contributed by atoms with Crippen molar-refractivity contribution in [2.75, 3.05) is 5.73 Å². The molecule has 92 valence electrons. The average molecular weight is 223 g/mol. The fourth-order valence-electron chi connectivity index (χ4n) is 2.35. The monoisotopic (exact) mass is 223 g/mol. The molecule has 0 aliphatic heterocycles. The van der Waals surface area contributed by atoms with Gasteiger partial charge in [-0.05, 0) is 34.1 Å². The summed E-state index contributed by atoms with van der Waals surface area (Å²) < 4.78 is 2.13. The van der Waals surface area contributed by atoms with Gasteiger partial charge in [0.1, 0.15) is 11.6 Å². The van der Waals surface area contributed by atoms with E-state index in [0.29, 0.717) is 5.92 Å². The van der Waals surface area contributed by atoms with Crippen LogP contribution >= 0.6 is 0 Å². The van der Waals surface area contributed by atoms with Gasteiger partial charge in [-0.3, -0.25) is 0 Å². The summed E-state index contributed by atoms with van der Waals surface area (Å²) in [6, 6.07) is 0. The second kappa shape index (κ2) is 4.48. The van der Waals surface area contributed by atoms with Crippen LogP contribution in [-0.2, 0) is 5.54 Å². The Labute approximate surface area is 99.1 Å². The summed E-state index contributed by atoms with van der Waals surface area (Å²) in [5.74, 6) is 2.31. The molecular formula is C13H25N3. The second-order valence-electron chi connectivity index (χ2n) is 5.63. The van der Waals surface area contributed by atoms with Crippen LogP contribution in [0, 0.1) is 6.92 Å². The quantitative estimate of drug-likeness (QED) is 0.853. The number of aromatic nitrogens is 2. The summed E-state index contributed by atoms with van der Waals surface area (Å²) in [4.78, 5) is 4.63. The molecule has 1 aromatic heterocycles. The van der Waals surface area contributed by atoms with Crippen molar-refractivity contribution in [2.24, 2.45) is 0 Å². The Morgan fingerprint density at radius 2 is 1.94 bits per heavy atom. The van der Waals surface area contributed by atoms with Crippen molar-refractivity contribution in [2.45, 2.75) is 65.8 Å². The van der Waals surface area contributed by atoms with Crippen LogP contribution in [-0.4, -0.2) is 9.55 Å². The van der Waals surface area contributed by atoms with Crippen molar-refractivity contribution in [3.05, 3.63) is 11.5 Å². The van der Waals surface area contributed by atoms with Gasteiger partial charge in [-0.15, -0.1) is 0 Å². The van der Waals surface area contributed by atoms with Crippen molar-refractivity contribution < 1.29 is 0 Å². The molecule has 1 rings (SSSR count). The molecule has 3 heteroatoms. The van der Waals surface area contributed by atoms with E-state index in [1.165, 1.54) is 6.42 Å². The van der Waals surface area contributed by atoms with Gasteiger partial charge < -0.3 is 10.3 Å². The van der Waals surface area contributed by atoms with Gasteiger partial charge in [0, 0.05) is 11.5 Å². The Hall–Kier alpha value is -0.990. The molecule has 2 N–H and O–H groups in total. The Morgan fingerprint density at radius 1 is 1.38 bits per heavy atom. The lowest BCUT2D eigenvalue weighted by Gasteiger charge is -2.24. The molecule has 0 radical (unpaired) electrons. The average Bonchev–Trinajstić information content (AvgIpc) is 2.41. The van der Waals surface area contributed by atoms with Crippen LogP contribution in [0.3, 0.4) is 0 Å². The maximum Gasteiger partial charge on any atom is 0.127 e. The van der Waals surface area contributed by atoms with E-state index >= 15 is 0 Å². The van der Waals surface area contributed by atoms with Gasteiger partial charge in [0.25, 0.3) is 0 Å². The van der Waals surface area contributed by atoms with Crippen LogP contribution in [0.15, 0.2) is 0 Å². The standard InChI is InChI=1S/C13H25N3/c1-7-8-9(2)11-12(14)16(10(3)15-11)13(4,5)6/h9H,7-8,14H2,1-6H3. The van der Waals surface area contributed by atoms with E-state index in [-0.39, 0.29) is 5.54 Å². The summed E-state index contributed by atoms with van der Waals surface area (Å²) in [6.45, 7) is 12.9. The van der Waals surface area contributed by atoms with Crippen molar-refractivity contribution in [3.8, 4) is 0 Å². The fraction of sp³-hybridized carbons (Fsp3) is 0.769. The number of nitrogens with two attached hydrogens (primary N) is 1. The van der Waals surface area contributed by atoms with Gasteiger partial charge in [0.2, 0.25) is 0 Å². The Kier molecular flexibility index (Phi) is 3.66. The zero-order valence-electron chi connectivity index (χ0n) is 11.5. The molecule has 0 aliphatic rings. The first-order chi connectivity index (χ1) is 7.29. The first-order valence-corrected chi connectivity index (χ1v) is 6.14. The number of hydrogen-bond acceptors (Lipinski definition) is 2. The van der Waals surface area contributed by atoms with E-state index < -0.39 is 0 Å². The van der Waals surface area contributed by atoms with E-state index in [9.17, 15) is 0 Å². The Morgan fingerprint density at radius 3 is 2.31 bits per heavy atom. The van der Waals surface area contributed by atoms with Crippen LogP contribution in [0.25, 0.3) is 0 Å². The molecule has 1 heterocycles. The van der Waals surface area contributed by atoms with Gasteiger partial charge in [-0.2, -0.15) is 0 Å². The molecule has 0 amide bonds. The Bertz CT molecular complexity index is 358. The minimum atomic E-state index is 0.00531. The number of anilines is 1. The van der Waals surface area contributed by atoms with E-state index in [1.807, 2.05) is 6.92 Å². The first kappa shape index (κ1) is 13.1. The van der Waals surface area contributed by atoms with Crippen LogP contribution in [0.5, 0.6) is 0 Å². The highest BCUT2D eigenvalue weighted by Crippen LogP contribution is 2.30. The summed E-state index contributed by atoms with van der Waals surface area (Å²) in [5.41, 5.74) is 7.29. The number of hydrogen-bond donors (Lipinski definition) is 1. The summed E-state index contributed by atoms with van der Waals surface area (Å²) in [5, 5.41) is 0. The fourth-order valence-corrected chi connectivity index (χ4v) is 2.35. The van der Waals surface area contributed by atoms with Crippen LogP contribution in [0.1, 0.15) is 64.9 Å². The minimum Gasteiger partial charge on any atom is -0.384 e. The molecular weight excluding hydrogens is 198 g/mol. The third-order valence-corrected chi connectivity index (χ3v) is 2.97. The molecule has 0 saturated heterocycles. The largest absolute Gasteiger partial charge is 0.384 e. The number of nitrogen functional groups attached to an aromatic ring is 1. The van der Waals surface area contributed by atoms with Crippen LogP contribution < -0.4 is 5.73 Å². The Balaban J connectivity index is 3.16. The topological polar surface area (TPSA) is 43.8 Å². The van der Waals surface area contributed by atoms with Crippen LogP contribution in [0.2, 0.25) is 0 Å². The predicted octanol–water partition coefficient (Wildman–Crippen LogP) is 3.43. The number of rotatable bonds is 3. The molecule has 0 aromatic carbocycles. The summed E-state index contributed by atoms with van der Waals surface area (Å²) in [6.07, 6.45) is 2.31. The van der Waals surface area contributed by atoms with Gasteiger partial charge in [-0.25, -0.2) is 4.98 Å². The van der Waals surface area contributed by atoms with E-state index in [0.717, 1.165) is 23.8 Å². The number of nitrogens with zero attached hydrogens (tertiary/aromatic N) is 2. The maximum atomic E-state index is 6.22. The van der Waals surface area contributed by atoms with Crippen molar-refractivity contribution in [1.82, 2.24) is 9.55 Å². The summed E-state index contributed by atoms with van der Waals surface area (Å²) in [7, 11) is 0. The third kappa shape index (κ3) is 2.39. The number of aryl methyl sites for hydroxylation is 1. The predicted molar refractivity (Wildman–Crippen MR) is 69.7 cm³/mol. The first-order valence-electron chi connectivity index (χ1n) is 6.14. The molecule has 0 saturated carbocycles. The zero-order valence-corrected chi connectivity index (χ0v) is 11.5. The van der Waals surface area contributed by atoms with Crippen LogP contribution in [0.4, 0.5) is 5.82 Å². The SMILES string of the molecule is CCCC(C)c1nc(C)n(C(C)(C)C)c1N. The molecule has 0 aliphatic carbocycles. The van der Waals surface area contributed by atoms with Crippen molar-refractivity contribution in [3.63, 3.8) is 0 Å². The highest BCUT2D eigenvalue weighted by Gasteiger charge is 2.23. The lowest BCUT2D eigenvalue weighted by atomic mass is 10.0. The number of imidazole rings is 1. The van der Waals surface area contributed by atoms with Gasteiger partial charge >= 0.3 is 0 Å². The van der Waals surface area contributed by atoms with Crippen molar-refractivity contribution >= 4 is 5.82 Å².